The van der Waals surface area contributed by atoms with Gasteiger partial charge in [0.1, 0.15) is 0 Å². The van der Waals surface area contributed by atoms with Crippen LogP contribution in [0.4, 0.5) is 13.2 Å². The average Bonchev–Trinajstić information content (AvgIpc) is 2.34. The zero-order valence-electron chi connectivity index (χ0n) is 13.5. The summed E-state index contributed by atoms with van der Waals surface area (Å²) in [6, 6.07) is 1.28. The van der Waals surface area contributed by atoms with Crippen molar-refractivity contribution >= 4 is 21.7 Å². The van der Waals surface area contributed by atoms with Gasteiger partial charge in [-0.25, -0.2) is 8.42 Å². The number of sulfone groups is 1. The number of hydrogen-bond donors (Lipinski definition) is 2. The molecule has 134 valence electrons. The molecule has 1 rings (SSSR count). The number of benzene rings is 1. The molecule has 0 spiro atoms. The van der Waals surface area contributed by atoms with Crippen LogP contribution < -0.4 is 11.5 Å². The van der Waals surface area contributed by atoms with E-state index in [4.69, 9.17) is 11.5 Å². The van der Waals surface area contributed by atoms with E-state index in [0.717, 1.165) is 6.07 Å². The Labute approximate surface area is 137 Å². The van der Waals surface area contributed by atoms with Crippen LogP contribution in [0, 0.1) is 6.92 Å². The fourth-order valence-corrected chi connectivity index (χ4v) is 3.32. The molecule has 0 atom stereocenters. The van der Waals surface area contributed by atoms with Crippen LogP contribution in [0.1, 0.15) is 42.3 Å². The molecule has 6 nitrogen and oxygen atoms in total. The lowest BCUT2D eigenvalue weighted by Crippen LogP contribution is -2.30. The highest BCUT2D eigenvalue weighted by Crippen LogP contribution is 2.39. The molecule has 0 unspecified atom stereocenters. The van der Waals surface area contributed by atoms with Crippen LogP contribution in [0.2, 0.25) is 0 Å². The number of rotatable bonds is 2. The number of hydrogen-bond acceptors (Lipinski definition) is 3. The Hall–Kier alpha value is -2.10. The summed E-state index contributed by atoms with van der Waals surface area (Å²) in [6.07, 6.45) is -4.98. The van der Waals surface area contributed by atoms with E-state index in [1.54, 1.807) is 0 Å². The number of amides is 1. The van der Waals surface area contributed by atoms with Crippen molar-refractivity contribution in [1.82, 2.24) is 0 Å². The van der Waals surface area contributed by atoms with Crippen molar-refractivity contribution in [2.45, 2.75) is 43.5 Å². The molecule has 0 aliphatic carbocycles. The van der Waals surface area contributed by atoms with Crippen molar-refractivity contribution in [2.75, 3.05) is 0 Å². The number of aryl methyl sites for hydroxylation is 1. The molecule has 1 aromatic carbocycles. The number of carbonyl (C=O) groups is 1. The minimum atomic E-state index is -4.98. The Bertz CT molecular complexity index is 803. The zero-order valence-corrected chi connectivity index (χ0v) is 14.3. The highest BCUT2D eigenvalue weighted by atomic mass is 32.2. The van der Waals surface area contributed by atoms with Crippen molar-refractivity contribution in [3.05, 3.63) is 28.8 Å². The summed E-state index contributed by atoms with van der Waals surface area (Å²) in [4.78, 5) is 14.1. The number of guanidine groups is 1. The van der Waals surface area contributed by atoms with Gasteiger partial charge in [0, 0.05) is 5.56 Å². The number of carbonyl (C=O) groups excluding carboxylic acids is 1. The fourth-order valence-electron chi connectivity index (χ4n) is 1.86. The van der Waals surface area contributed by atoms with Gasteiger partial charge >= 0.3 is 6.18 Å². The second-order valence-corrected chi connectivity index (χ2v) is 8.79. The Morgan fingerprint density at radius 3 is 2.00 bits per heavy atom. The van der Waals surface area contributed by atoms with Gasteiger partial charge in [0.2, 0.25) is 0 Å². The first-order chi connectivity index (χ1) is 10.6. The van der Waals surface area contributed by atoms with Crippen LogP contribution in [0.3, 0.4) is 0 Å². The van der Waals surface area contributed by atoms with Gasteiger partial charge in [-0.15, -0.1) is 0 Å². The summed E-state index contributed by atoms with van der Waals surface area (Å²) in [5.41, 5.74) is 8.25. The molecule has 0 fully saturated rings. The standard InChI is InChI=1S/C14H18F3N3O3S/c1-7-5-10(24(22,23)13(2,3)4)9(14(15,16)17)6-8(7)11(21)20-12(18)19/h5-6H,1-4H3,(H4,18,19,20,21). The third-order valence-electron chi connectivity index (χ3n) is 3.19. The number of aliphatic imine (C=N–C) groups is 1. The quantitative estimate of drug-likeness (QED) is 0.614. The SMILES string of the molecule is Cc1cc(S(=O)(=O)C(C)(C)C)c(C(F)(F)F)cc1C(=O)N=C(N)N. The maximum absolute atomic E-state index is 13.3. The third kappa shape index (κ3) is 3.86. The van der Waals surface area contributed by atoms with Gasteiger partial charge in [0.05, 0.1) is 15.2 Å². The van der Waals surface area contributed by atoms with Crippen LogP contribution in [-0.4, -0.2) is 25.0 Å². The van der Waals surface area contributed by atoms with Crippen LogP contribution in [-0.2, 0) is 16.0 Å². The molecule has 1 aromatic rings. The Kier molecular flexibility index (Phi) is 5.05. The van der Waals surface area contributed by atoms with E-state index in [1.807, 2.05) is 0 Å². The first-order valence-electron chi connectivity index (χ1n) is 6.69. The van der Waals surface area contributed by atoms with E-state index in [1.165, 1.54) is 27.7 Å². The number of nitrogens with two attached hydrogens (primary N) is 2. The molecule has 10 heteroatoms. The summed E-state index contributed by atoms with van der Waals surface area (Å²) in [5.74, 6) is -1.70. The smallest absolute Gasteiger partial charge is 0.370 e. The predicted molar refractivity (Wildman–Crippen MR) is 83.3 cm³/mol. The monoisotopic (exact) mass is 365 g/mol. The van der Waals surface area contributed by atoms with Crippen LogP contribution >= 0.6 is 0 Å². The fraction of sp³-hybridized carbons (Fsp3) is 0.429. The number of nitrogens with zero attached hydrogens (tertiary/aromatic N) is 1. The lowest BCUT2D eigenvalue weighted by molar-refractivity contribution is -0.139. The summed E-state index contributed by atoms with van der Waals surface area (Å²) < 4.78 is 63.5. The molecule has 0 bridgehead atoms. The second-order valence-electron chi connectivity index (χ2n) is 6.12. The molecular formula is C14H18F3N3O3S. The minimum absolute atomic E-state index is 0.0147. The van der Waals surface area contributed by atoms with Gasteiger partial charge in [-0.3, -0.25) is 4.79 Å². The van der Waals surface area contributed by atoms with Crippen molar-refractivity contribution < 1.29 is 26.4 Å². The van der Waals surface area contributed by atoms with Crippen LogP contribution in [0.5, 0.6) is 0 Å². The number of halogens is 3. The molecule has 24 heavy (non-hydrogen) atoms. The number of alkyl halides is 3. The summed E-state index contributed by atoms with van der Waals surface area (Å²) in [7, 11) is -4.29. The van der Waals surface area contributed by atoms with Gasteiger partial charge in [0.15, 0.2) is 15.8 Å². The predicted octanol–water partition coefficient (Wildman–Crippen LogP) is 2.00. The van der Waals surface area contributed by atoms with Crippen molar-refractivity contribution in [3.8, 4) is 0 Å². The van der Waals surface area contributed by atoms with Crippen molar-refractivity contribution in [1.29, 1.82) is 0 Å². The Morgan fingerprint density at radius 1 is 1.12 bits per heavy atom. The molecule has 0 aliphatic heterocycles. The van der Waals surface area contributed by atoms with Crippen molar-refractivity contribution in [3.63, 3.8) is 0 Å². The first kappa shape index (κ1) is 19.9. The first-order valence-corrected chi connectivity index (χ1v) is 8.18. The molecular weight excluding hydrogens is 347 g/mol. The average molecular weight is 365 g/mol. The molecule has 4 N–H and O–H groups in total. The van der Waals surface area contributed by atoms with Gasteiger partial charge in [-0.2, -0.15) is 18.2 Å². The zero-order chi connectivity index (χ0) is 19.1. The maximum Gasteiger partial charge on any atom is 0.417 e. The van der Waals surface area contributed by atoms with E-state index in [9.17, 15) is 26.4 Å². The van der Waals surface area contributed by atoms with Gasteiger partial charge in [-0.05, 0) is 45.4 Å². The molecule has 0 saturated heterocycles. The summed E-state index contributed by atoms with van der Waals surface area (Å²) >= 11 is 0. The summed E-state index contributed by atoms with van der Waals surface area (Å²) in [6.45, 7) is 5.17. The summed E-state index contributed by atoms with van der Waals surface area (Å²) in [5, 5.41) is 0. The van der Waals surface area contributed by atoms with Gasteiger partial charge < -0.3 is 11.5 Å². The highest BCUT2D eigenvalue weighted by molar-refractivity contribution is 7.92. The lowest BCUT2D eigenvalue weighted by atomic mass is 10.0. The topological polar surface area (TPSA) is 116 Å². The highest BCUT2D eigenvalue weighted by Gasteiger charge is 2.42. The molecule has 0 heterocycles. The molecule has 0 aliphatic rings. The van der Waals surface area contributed by atoms with Gasteiger partial charge in [0.25, 0.3) is 5.91 Å². The van der Waals surface area contributed by atoms with Crippen molar-refractivity contribution in [2.24, 2.45) is 16.5 Å². The van der Waals surface area contributed by atoms with E-state index < -0.39 is 48.6 Å². The Morgan fingerprint density at radius 2 is 1.62 bits per heavy atom. The molecule has 0 radical (unpaired) electrons. The molecule has 0 aromatic heterocycles. The van der Waals surface area contributed by atoms with Gasteiger partial charge in [-0.1, -0.05) is 0 Å². The van der Waals surface area contributed by atoms with E-state index in [2.05, 4.69) is 4.99 Å². The Balaban J connectivity index is 3.81. The van der Waals surface area contributed by atoms with Crippen LogP contribution in [0.25, 0.3) is 0 Å². The molecule has 0 saturated carbocycles. The molecule has 1 amide bonds. The van der Waals surface area contributed by atoms with E-state index in [-0.39, 0.29) is 5.56 Å². The van der Waals surface area contributed by atoms with Crippen LogP contribution in [0.15, 0.2) is 22.0 Å². The van der Waals surface area contributed by atoms with E-state index >= 15 is 0 Å². The third-order valence-corrected chi connectivity index (χ3v) is 5.72. The lowest BCUT2D eigenvalue weighted by Gasteiger charge is -2.23. The largest absolute Gasteiger partial charge is 0.417 e. The van der Waals surface area contributed by atoms with E-state index in [0.29, 0.717) is 6.07 Å². The second kappa shape index (κ2) is 6.08. The maximum atomic E-state index is 13.3. The minimum Gasteiger partial charge on any atom is -0.370 e. The normalized spacial score (nSPS) is 12.8.